The standard InChI is InChI=1S/C15H25N5O/c1-12(2)10-13(11-16)14(21)19-6-8-20(9-7-19)15-17-4-3-5-18-15/h3-5,12-13H,6-11,16H2,1-2H3. The minimum Gasteiger partial charge on any atom is -0.339 e. The Labute approximate surface area is 126 Å². The van der Waals surface area contributed by atoms with Gasteiger partial charge in [0.15, 0.2) is 0 Å². The average molecular weight is 291 g/mol. The lowest BCUT2D eigenvalue weighted by atomic mass is 9.95. The van der Waals surface area contributed by atoms with Crippen molar-refractivity contribution in [2.45, 2.75) is 20.3 Å². The van der Waals surface area contributed by atoms with E-state index >= 15 is 0 Å². The number of amides is 1. The van der Waals surface area contributed by atoms with Crippen LogP contribution in [0.1, 0.15) is 20.3 Å². The van der Waals surface area contributed by atoms with Crippen LogP contribution in [0.25, 0.3) is 0 Å². The molecule has 6 nitrogen and oxygen atoms in total. The molecular formula is C15H25N5O. The second-order valence-electron chi connectivity index (χ2n) is 5.92. The minimum absolute atomic E-state index is 0.0514. The molecule has 1 amide bonds. The second-order valence-corrected chi connectivity index (χ2v) is 5.92. The molecular weight excluding hydrogens is 266 g/mol. The molecule has 0 bridgehead atoms. The zero-order chi connectivity index (χ0) is 15.2. The summed E-state index contributed by atoms with van der Waals surface area (Å²) in [5, 5.41) is 0. The van der Waals surface area contributed by atoms with Gasteiger partial charge in [-0.15, -0.1) is 0 Å². The fraction of sp³-hybridized carbons (Fsp3) is 0.667. The van der Waals surface area contributed by atoms with Crippen molar-refractivity contribution in [1.82, 2.24) is 14.9 Å². The number of aromatic nitrogens is 2. The normalized spacial score (nSPS) is 17.1. The Morgan fingerprint density at radius 2 is 1.86 bits per heavy atom. The minimum atomic E-state index is -0.0514. The topological polar surface area (TPSA) is 75.4 Å². The number of hydrogen-bond acceptors (Lipinski definition) is 5. The van der Waals surface area contributed by atoms with Crippen LogP contribution in [-0.4, -0.2) is 53.5 Å². The molecule has 1 saturated heterocycles. The van der Waals surface area contributed by atoms with Crippen molar-refractivity contribution in [1.29, 1.82) is 0 Å². The molecule has 2 N–H and O–H groups in total. The van der Waals surface area contributed by atoms with E-state index in [1.54, 1.807) is 18.5 Å². The Morgan fingerprint density at radius 1 is 1.24 bits per heavy atom. The maximum atomic E-state index is 12.5. The van der Waals surface area contributed by atoms with Gasteiger partial charge in [0.25, 0.3) is 0 Å². The van der Waals surface area contributed by atoms with E-state index in [0.717, 1.165) is 25.5 Å². The third-order valence-electron chi connectivity index (χ3n) is 3.82. The molecule has 0 aromatic carbocycles. The number of rotatable bonds is 5. The summed E-state index contributed by atoms with van der Waals surface area (Å²) in [5.74, 6) is 1.37. The number of carbonyl (C=O) groups excluding carboxylic acids is 1. The van der Waals surface area contributed by atoms with Crippen LogP contribution in [-0.2, 0) is 4.79 Å². The molecule has 0 radical (unpaired) electrons. The van der Waals surface area contributed by atoms with E-state index in [9.17, 15) is 4.79 Å². The Hall–Kier alpha value is -1.69. The van der Waals surface area contributed by atoms with Crippen LogP contribution in [0.5, 0.6) is 0 Å². The quantitative estimate of drug-likeness (QED) is 0.866. The Kier molecular flexibility index (Phi) is 5.50. The molecule has 1 aromatic heterocycles. The number of anilines is 1. The maximum absolute atomic E-state index is 12.5. The molecule has 0 saturated carbocycles. The predicted molar refractivity (Wildman–Crippen MR) is 82.8 cm³/mol. The van der Waals surface area contributed by atoms with Crippen LogP contribution < -0.4 is 10.6 Å². The van der Waals surface area contributed by atoms with Gasteiger partial charge in [0.2, 0.25) is 11.9 Å². The van der Waals surface area contributed by atoms with Crippen LogP contribution in [0.3, 0.4) is 0 Å². The Morgan fingerprint density at radius 3 is 2.38 bits per heavy atom. The lowest BCUT2D eigenvalue weighted by Gasteiger charge is -2.36. The Balaban J connectivity index is 1.89. The molecule has 116 valence electrons. The zero-order valence-corrected chi connectivity index (χ0v) is 12.9. The van der Waals surface area contributed by atoms with E-state index in [0.29, 0.717) is 25.6 Å². The van der Waals surface area contributed by atoms with E-state index in [4.69, 9.17) is 5.73 Å². The Bertz CT molecular complexity index is 443. The average Bonchev–Trinajstić information content (AvgIpc) is 2.53. The van der Waals surface area contributed by atoms with Gasteiger partial charge < -0.3 is 15.5 Å². The summed E-state index contributed by atoms with van der Waals surface area (Å²) >= 11 is 0. The van der Waals surface area contributed by atoms with Crippen LogP contribution in [0.4, 0.5) is 5.95 Å². The van der Waals surface area contributed by atoms with Gasteiger partial charge in [-0.1, -0.05) is 13.8 Å². The van der Waals surface area contributed by atoms with E-state index in [1.165, 1.54) is 0 Å². The summed E-state index contributed by atoms with van der Waals surface area (Å²) in [6.07, 6.45) is 4.34. The first-order valence-corrected chi connectivity index (χ1v) is 7.62. The first-order chi connectivity index (χ1) is 10.1. The largest absolute Gasteiger partial charge is 0.339 e. The molecule has 21 heavy (non-hydrogen) atoms. The molecule has 1 aliphatic rings. The first-order valence-electron chi connectivity index (χ1n) is 7.62. The van der Waals surface area contributed by atoms with Crippen molar-refractivity contribution in [2.75, 3.05) is 37.6 Å². The number of carbonyl (C=O) groups is 1. The third kappa shape index (κ3) is 4.14. The number of hydrogen-bond donors (Lipinski definition) is 1. The molecule has 1 aromatic rings. The summed E-state index contributed by atoms with van der Waals surface area (Å²) in [6.45, 7) is 7.65. The molecule has 6 heteroatoms. The summed E-state index contributed by atoms with van der Waals surface area (Å²) in [5.41, 5.74) is 5.77. The summed E-state index contributed by atoms with van der Waals surface area (Å²) in [6, 6.07) is 1.81. The fourth-order valence-electron chi connectivity index (χ4n) is 2.71. The molecule has 2 heterocycles. The monoisotopic (exact) mass is 291 g/mol. The van der Waals surface area contributed by atoms with Crippen molar-refractivity contribution in [3.63, 3.8) is 0 Å². The van der Waals surface area contributed by atoms with Gasteiger partial charge in [-0.3, -0.25) is 4.79 Å². The van der Waals surface area contributed by atoms with E-state index in [1.807, 2.05) is 4.90 Å². The third-order valence-corrected chi connectivity index (χ3v) is 3.82. The van der Waals surface area contributed by atoms with Crippen molar-refractivity contribution in [3.05, 3.63) is 18.5 Å². The SMILES string of the molecule is CC(C)CC(CN)C(=O)N1CCN(c2ncccn2)CC1. The van der Waals surface area contributed by atoms with Crippen LogP contribution in [0.15, 0.2) is 18.5 Å². The van der Waals surface area contributed by atoms with Crippen LogP contribution >= 0.6 is 0 Å². The fourth-order valence-corrected chi connectivity index (χ4v) is 2.71. The van der Waals surface area contributed by atoms with Crippen LogP contribution in [0, 0.1) is 11.8 Å². The van der Waals surface area contributed by atoms with Crippen molar-refractivity contribution in [3.8, 4) is 0 Å². The zero-order valence-electron chi connectivity index (χ0n) is 12.9. The lowest BCUT2D eigenvalue weighted by molar-refractivity contribution is -0.136. The summed E-state index contributed by atoms with van der Waals surface area (Å²) < 4.78 is 0. The van der Waals surface area contributed by atoms with Gasteiger partial charge >= 0.3 is 0 Å². The van der Waals surface area contributed by atoms with E-state index in [-0.39, 0.29) is 11.8 Å². The molecule has 1 fully saturated rings. The molecule has 2 rings (SSSR count). The molecule has 1 atom stereocenters. The first kappa shape index (κ1) is 15.7. The predicted octanol–water partition coefficient (Wildman–Crippen LogP) is 0.746. The summed E-state index contributed by atoms with van der Waals surface area (Å²) in [7, 11) is 0. The van der Waals surface area contributed by atoms with Gasteiger partial charge in [0.05, 0.1) is 5.92 Å². The molecule has 0 aliphatic carbocycles. The molecule has 1 unspecified atom stereocenters. The van der Waals surface area contributed by atoms with Gasteiger partial charge in [-0.25, -0.2) is 9.97 Å². The van der Waals surface area contributed by atoms with Crippen molar-refractivity contribution < 1.29 is 4.79 Å². The van der Waals surface area contributed by atoms with Crippen LogP contribution in [0.2, 0.25) is 0 Å². The number of nitrogens with two attached hydrogens (primary N) is 1. The second kappa shape index (κ2) is 7.36. The summed E-state index contributed by atoms with van der Waals surface area (Å²) in [4.78, 5) is 25.1. The molecule has 1 aliphatic heterocycles. The van der Waals surface area contributed by atoms with E-state index < -0.39 is 0 Å². The van der Waals surface area contributed by atoms with Gasteiger partial charge in [-0.2, -0.15) is 0 Å². The van der Waals surface area contributed by atoms with Gasteiger partial charge in [-0.05, 0) is 18.4 Å². The lowest BCUT2D eigenvalue weighted by Crippen LogP contribution is -2.51. The maximum Gasteiger partial charge on any atom is 0.227 e. The highest BCUT2D eigenvalue weighted by Gasteiger charge is 2.27. The van der Waals surface area contributed by atoms with Gasteiger partial charge in [0, 0.05) is 45.1 Å². The highest BCUT2D eigenvalue weighted by Crippen LogP contribution is 2.16. The molecule has 0 spiro atoms. The van der Waals surface area contributed by atoms with E-state index in [2.05, 4.69) is 28.7 Å². The number of nitrogens with zero attached hydrogens (tertiary/aromatic N) is 4. The van der Waals surface area contributed by atoms with Crippen molar-refractivity contribution in [2.24, 2.45) is 17.6 Å². The van der Waals surface area contributed by atoms with Gasteiger partial charge in [0.1, 0.15) is 0 Å². The highest BCUT2D eigenvalue weighted by molar-refractivity contribution is 5.79. The van der Waals surface area contributed by atoms with Crippen molar-refractivity contribution >= 4 is 11.9 Å². The smallest absolute Gasteiger partial charge is 0.227 e. The number of piperazine rings is 1. The highest BCUT2D eigenvalue weighted by atomic mass is 16.2.